The van der Waals surface area contributed by atoms with Crippen molar-refractivity contribution in [3.63, 3.8) is 0 Å². The van der Waals surface area contributed by atoms with E-state index in [-0.39, 0.29) is 5.90 Å². The van der Waals surface area contributed by atoms with Gasteiger partial charge < -0.3 is 4.74 Å². The minimum Gasteiger partial charge on any atom is -0.477 e. The van der Waals surface area contributed by atoms with Gasteiger partial charge in [0.1, 0.15) is 9.22 Å². The number of thiazole rings is 1. The van der Waals surface area contributed by atoms with E-state index in [0.29, 0.717) is 6.61 Å². The van der Waals surface area contributed by atoms with Crippen LogP contribution in [0.5, 0.6) is 0 Å². The van der Waals surface area contributed by atoms with E-state index in [1.165, 1.54) is 11.3 Å². The van der Waals surface area contributed by atoms with Gasteiger partial charge in [0.25, 0.3) is 0 Å². The van der Waals surface area contributed by atoms with Crippen LogP contribution in [0.4, 0.5) is 0 Å². The zero-order valence-corrected chi connectivity index (χ0v) is 8.59. The highest BCUT2D eigenvalue weighted by Crippen LogP contribution is 2.21. The van der Waals surface area contributed by atoms with Gasteiger partial charge in [-0.2, -0.15) is 0 Å². The molecular formula is C7H10N2OS2. The lowest BCUT2D eigenvalue weighted by atomic mass is 10.5. The van der Waals surface area contributed by atoms with Crippen LogP contribution in [0, 0.1) is 5.41 Å². The second-order valence-electron chi connectivity index (χ2n) is 1.96. The van der Waals surface area contributed by atoms with E-state index in [2.05, 4.69) is 4.98 Å². The van der Waals surface area contributed by atoms with Crippen molar-refractivity contribution in [1.29, 1.82) is 5.41 Å². The topological polar surface area (TPSA) is 46.0 Å². The fraction of sp³-hybridized carbons (Fsp3) is 0.429. The Hall–Kier alpha value is -0.550. The monoisotopic (exact) mass is 202 g/mol. The van der Waals surface area contributed by atoms with Crippen molar-refractivity contribution in [1.82, 2.24) is 4.98 Å². The predicted octanol–water partition coefficient (Wildman–Crippen LogP) is 2.23. The maximum atomic E-state index is 7.46. The molecule has 1 aromatic heterocycles. The van der Waals surface area contributed by atoms with E-state index in [1.807, 2.05) is 13.2 Å². The number of nitrogens with one attached hydrogen (secondary N) is 1. The molecule has 0 saturated carbocycles. The van der Waals surface area contributed by atoms with Crippen molar-refractivity contribution in [2.45, 2.75) is 11.3 Å². The SMILES string of the molecule is CCOC(=N)c1cnc(SC)s1. The summed E-state index contributed by atoms with van der Waals surface area (Å²) in [6.07, 6.45) is 3.64. The third-order valence-electron chi connectivity index (χ3n) is 1.17. The maximum absolute atomic E-state index is 7.46. The van der Waals surface area contributed by atoms with Gasteiger partial charge in [0.05, 0.1) is 12.8 Å². The summed E-state index contributed by atoms with van der Waals surface area (Å²) in [7, 11) is 0. The van der Waals surface area contributed by atoms with Crippen LogP contribution in [0.2, 0.25) is 0 Å². The number of nitrogens with zero attached hydrogens (tertiary/aromatic N) is 1. The molecule has 0 amide bonds. The number of aromatic nitrogens is 1. The predicted molar refractivity (Wildman–Crippen MR) is 52.3 cm³/mol. The van der Waals surface area contributed by atoms with E-state index < -0.39 is 0 Å². The van der Waals surface area contributed by atoms with Gasteiger partial charge >= 0.3 is 0 Å². The number of rotatable bonds is 3. The molecular weight excluding hydrogens is 192 g/mol. The van der Waals surface area contributed by atoms with Crippen LogP contribution in [0.3, 0.4) is 0 Å². The van der Waals surface area contributed by atoms with Crippen molar-refractivity contribution in [3.8, 4) is 0 Å². The molecule has 1 rings (SSSR count). The Labute approximate surface area is 79.7 Å². The molecule has 0 aliphatic carbocycles. The molecule has 66 valence electrons. The summed E-state index contributed by atoms with van der Waals surface area (Å²) in [5.41, 5.74) is 0. The molecule has 12 heavy (non-hydrogen) atoms. The lowest BCUT2D eigenvalue weighted by Crippen LogP contribution is -2.01. The third kappa shape index (κ3) is 2.22. The molecule has 3 nitrogen and oxygen atoms in total. The summed E-state index contributed by atoms with van der Waals surface area (Å²) in [5.74, 6) is 0.218. The zero-order chi connectivity index (χ0) is 8.97. The Morgan fingerprint density at radius 2 is 2.58 bits per heavy atom. The first-order chi connectivity index (χ1) is 5.77. The van der Waals surface area contributed by atoms with E-state index in [0.717, 1.165) is 9.22 Å². The van der Waals surface area contributed by atoms with E-state index in [4.69, 9.17) is 10.1 Å². The first-order valence-electron chi connectivity index (χ1n) is 3.49. The number of thioether (sulfide) groups is 1. The summed E-state index contributed by atoms with van der Waals surface area (Å²) >= 11 is 3.06. The quantitative estimate of drug-likeness (QED) is 0.464. The van der Waals surface area contributed by atoms with Gasteiger partial charge in [0.2, 0.25) is 5.90 Å². The highest BCUT2D eigenvalue weighted by atomic mass is 32.2. The Morgan fingerprint density at radius 3 is 3.08 bits per heavy atom. The average molecular weight is 202 g/mol. The van der Waals surface area contributed by atoms with Crippen LogP contribution in [0.15, 0.2) is 10.5 Å². The smallest absolute Gasteiger partial charge is 0.225 e. The summed E-state index contributed by atoms with van der Waals surface area (Å²) in [5, 5.41) is 7.46. The largest absolute Gasteiger partial charge is 0.477 e. The molecule has 0 atom stereocenters. The number of hydrogen-bond acceptors (Lipinski definition) is 5. The minimum atomic E-state index is 0.218. The van der Waals surface area contributed by atoms with Gasteiger partial charge in [-0.15, -0.1) is 11.3 Å². The van der Waals surface area contributed by atoms with E-state index in [9.17, 15) is 0 Å². The lowest BCUT2D eigenvalue weighted by Gasteiger charge is -1.99. The standard InChI is InChI=1S/C7H10N2OS2/c1-3-10-6(8)5-4-9-7(11-2)12-5/h4,8H,3H2,1-2H3. The molecule has 0 saturated heterocycles. The average Bonchev–Trinajstić information content (AvgIpc) is 2.52. The van der Waals surface area contributed by atoms with E-state index in [1.54, 1.807) is 18.0 Å². The molecule has 0 fully saturated rings. The fourth-order valence-electron chi connectivity index (χ4n) is 0.673. The van der Waals surface area contributed by atoms with Crippen LogP contribution < -0.4 is 0 Å². The maximum Gasteiger partial charge on any atom is 0.225 e. The molecule has 5 heteroatoms. The normalized spacial score (nSPS) is 9.83. The number of ether oxygens (including phenoxy) is 1. The second kappa shape index (κ2) is 4.47. The van der Waals surface area contributed by atoms with Crippen molar-refractivity contribution in [3.05, 3.63) is 11.1 Å². The van der Waals surface area contributed by atoms with Gasteiger partial charge in [-0.05, 0) is 13.2 Å². The molecule has 0 bridgehead atoms. The first kappa shape index (κ1) is 9.54. The Morgan fingerprint density at radius 1 is 1.83 bits per heavy atom. The molecule has 0 unspecified atom stereocenters. The highest BCUT2D eigenvalue weighted by Gasteiger charge is 2.06. The molecule has 0 radical (unpaired) electrons. The molecule has 1 N–H and O–H groups in total. The molecule has 0 aliphatic heterocycles. The number of hydrogen-bond donors (Lipinski definition) is 1. The highest BCUT2D eigenvalue weighted by molar-refractivity contribution is 8.00. The molecule has 0 aliphatic rings. The van der Waals surface area contributed by atoms with Crippen LogP contribution in [-0.2, 0) is 4.74 Å². The first-order valence-corrected chi connectivity index (χ1v) is 5.53. The molecule has 0 spiro atoms. The van der Waals surface area contributed by atoms with Crippen LogP contribution in [-0.4, -0.2) is 23.7 Å². The van der Waals surface area contributed by atoms with Crippen LogP contribution >= 0.6 is 23.1 Å². The van der Waals surface area contributed by atoms with Gasteiger partial charge in [-0.25, -0.2) is 4.98 Å². The summed E-state index contributed by atoms with van der Waals surface area (Å²) in [4.78, 5) is 4.89. The van der Waals surface area contributed by atoms with Crippen molar-refractivity contribution < 1.29 is 4.74 Å². The Kier molecular flexibility index (Phi) is 3.55. The Bertz CT molecular complexity index is 272. The van der Waals surface area contributed by atoms with Crippen LogP contribution in [0.1, 0.15) is 11.8 Å². The molecule has 1 heterocycles. The summed E-state index contributed by atoms with van der Waals surface area (Å²) in [6.45, 7) is 2.40. The Balaban J connectivity index is 2.68. The van der Waals surface area contributed by atoms with Crippen molar-refractivity contribution in [2.75, 3.05) is 12.9 Å². The summed E-state index contributed by atoms with van der Waals surface area (Å²) in [6, 6.07) is 0. The van der Waals surface area contributed by atoms with Crippen LogP contribution in [0.25, 0.3) is 0 Å². The lowest BCUT2D eigenvalue weighted by molar-refractivity contribution is 0.326. The molecule has 1 aromatic rings. The van der Waals surface area contributed by atoms with E-state index >= 15 is 0 Å². The van der Waals surface area contributed by atoms with Gasteiger partial charge in [-0.3, -0.25) is 5.41 Å². The molecule has 0 aromatic carbocycles. The van der Waals surface area contributed by atoms with Gasteiger partial charge in [0.15, 0.2) is 0 Å². The van der Waals surface area contributed by atoms with Crippen molar-refractivity contribution in [2.24, 2.45) is 0 Å². The third-order valence-corrected chi connectivity index (χ3v) is 3.17. The zero-order valence-electron chi connectivity index (χ0n) is 6.96. The van der Waals surface area contributed by atoms with Gasteiger partial charge in [-0.1, -0.05) is 11.8 Å². The van der Waals surface area contributed by atoms with Crippen molar-refractivity contribution >= 4 is 29.0 Å². The summed E-state index contributed by atoms with van der Waals surface area (Å²) < 4.78 is 6.00. The fourth-order valence-corrected chi connectivity index (χ4v) is 1.98. The second-order valence-corrected chi connectivity index (χ2v) is 4.04. The minimum absolute atomic E-state index is 0.218. The van der Waals surface area contributed by atoms with Gasteiger partial charge in [0, 0.05) is 0 Å².